The Bertz CT molecular complexity index is 1580. The van der Waals surface area contributed by atoms with Gasteiger partial charge in [-0.25, -0.2) is 26.7 Å². The zero-order valence-electron chi connectivity index (χ0n) is 24.8. The highest BCUT2D eigenvalue weighted by Crippen LogP contribution is 2.41. The SMILES string of the molecule is COCCN1C[C@@H](C2(F)C=CC(F)=CC2)[C@H](NC(=O)Nc2c(Cl)c(C3CCN(S(=O)(=O)C(F)(F)F)CC3)nn2-c2ccccc2)C1. The molecule has 0 spiro atoms. The molecule has 0 radical (unpaired) electrons. The number of allylic oxidation sites excluding steroid dienone is 4. The van der Waals surface area contributed by atoms with Crippen molar-refractivity contribution in [1.82, 2.24) is 24.3 Å². The number of anilines is 1. The molecule has 3 heterocycles. The van der Waals surface area contributed by atoms with E-state index in [0.717, 1.165) is 6.08 Å². The molecular weight excluding hydrogens is 659 g/mol. The Kier molecular flexibility index (Phi) is 10.1. The molecule has 2 amide bonds. The lowest BCUT2D eigenvalue weighted by atomic mass is 9.80. The number of rotatable bonds is 9. The summed E-state index contributed by atoms with van der Waals surface area (Å²) in [5.74, 6) is -1.66. The maximum absolute atomic E-state index is 16.1. The number of likely N-dealkylation sites (tertiary alicyclic amines) is 1. The Morgan fingerprint density at radius 2 is 1.87 bits per heavy atom. The lowest BCUT2D eigenvalue weighted by molar-refractivity contribution is -0.0494. The van der Waals surface area contributed by atoms with E-state index >= 15 is 4.39 Å². The van der Waals surface area contributed by atoms with E-state index in [2.05, 4.69) is 15.7 Å². The average molecular weight is 693 g/mol. The number of ether oxygens (including phenoxy) is 1. The van der Waals surface area contributed by atoms with E-state index in [0.29, 0.717) is 41.9 Å². The van der Waals surface area contributed by atoms with Gasteiger partial charge in [-0.15, -0.1) is 0 Å². The number of nitrogens with zero attached hydrogens (tertiary/aromatic N) is 4. The Balaban J connectivity index is 1.37. The van der Waals surface area contributed by atoms with Gasteiger partial charge in [-0.3, -0.25) is 10.2 Å². The molecule has 1 aromatic heterocycles. The second-order valence-electron chi connectivity index (χ2n) is 11.5. The van der Waals surface area contributed by atoms with Crippen LogP contribution >= 0.6 is 11.6 Å². The number of amides is 2. The minimum Gasteiger partial charge on any atom is -0.383 e. The van der Waals surface area contributed by atoms with Crippen LogP contribution in [0, 0.1) is 5.92 Å². The monoisotopic (exact) mass is 692 g/mol. The Labute approximate surface area is 268 Å². The van der Waals surface area contributed by atoms with Crippen LogP contribution in [0.25, 0.3) is 5.69 Å². The number of carbonyl (C=O) groups is 1. The summed E-state index contributed by atoms with van der Waals surface area (Å²) in [7, 11) is -3.92. The maximum Gasteiger partial charge on any atom is 0.511 e. The fraction of sp³-hybridized carbons (Fsp3) is 0.517. The van der Waals surface area contributed by atoms with Crippen LogP contribution in [0.5, 0.6) is 0 Å². The zero-order valence-corrected chi connectivity index (χ0v) is 26.4. The van der Waals surface area contributed by atoms with Crippen LogP contribution in [0.4, 0.5) is 32.6 Å². The number of methoxy groups -OCH3 is 1. The molecule has 2 saturated heterocycles. The van der Waals surface area contributed by atoms with E-state index in [1.54, 1.807) is 37.4 Å². The molecule has 2 aliphatic heterocycles. The van der Waals surface area contributed by atoms with Gasteiger partial charge in [0.25, 0.3) is 0 Å². The third-order valence-electron chi connectivity index (χ3n) is 8.63. The van der Waals surface area contributed by atoms with Crippen LogP contribution in [-0.4, -0.2) is 97.1 Å². The van der Waals surface area contributed by atoms with E-state index in [1.165, 1.54) is 16.8 Å². The van der Waals surface area contributed by atoms with E-state index < -0.39 is 50.9 Å². The number of benzene rings is 1. The Morgan fingerprint density at radius 1 is 1.17 bits per heavy atom. The summed E-state index contributed by atoms with van der Waals surface area (Å²) in [6.45, 7) is 0.724. The van der Waals surface area contributed by atoms with Crippen LogP contribution in [-0.2, 0) is 14.8 Å². The highest BCUT2D eigenvalue weighted by atomic mass is 35.5. The molecule has 10 nitrogen and oxygen atoms in total. The molecular formula is C29H34ClF5N6O4S. The first-order valence-electron chi connectivity index (χ1n) is 14.7. The van der Waals surface area contributed by atoms with Gasteiger partial charge in [0.1, 0.15) is 16.5 Å². The van der Waals surface area contributed by atoms with E-state index in [-0.39, 0.29) is 43.2 Å². The van der Waals surface area contributed by atoms with Crippen molar-refractivity contribution in [3.63, 3.8) is 0 Å². The minimum atomic E-state index is -5.47. The third kappa shape index (κ3) is 7.10. The lowest BCUT2D eigenvalue weighted by Gasteiger charge is -2.33. The maximum atomic E-state index is 16.1. The average Bonchev–Trinajstić information content (AvgIpc) is 3.58. The van der Waals surface area contributed by atoms with Gasteiger partial charge in [0, 0.05) is 58.1 Å². The predicted molar refractivity (Wildman–Crippen MR) is 162 cm³/mol. The molecule has 1 aromatic carbocycles. The largest absolute Gasteiger partial charge is 0.511 e. The summed E-state index contributed by atoms with van der Waals surface area (Å²) < 4.78 is 99.8. The van der Waals surface area contributed by atoms with Crippen LogP contribution < -0.4 is 10.6 Å². The number of aromatic nitrogens is 2. The molecule has 3 aliphatic rings. The molecule has 1 unspecified atom stereocenters. The zero-order chi connectivity index (χ0) is 33.3. The molecule has 1 aliphatic carbocycles. The fourth-order valence-corrected chi connectivity index (χ4v) is 7.48. The normalized spacial score (nSPS) is 25.1. The van der Waals surface area contributed by atoms with Crippen molar-refractivity contribution in [1.29, 1.82) is 0 Å². The molecule has 17 heteroatoms. The summed E-state index contributed by atoms with van der Waals surface area (Å²) in [6.07, 6.45) is 3.32. The second-order valence-corrected chi connectivity index (χ2v) is 13.8. The van der Waals surface area contributed by atoms with Crippen LogP contribution in [0.1, 0.15) is 30.9 Å². The first-order chi connectivity index (χ1) is 21.7. The van der Waals surface area contributed by atoms with Gasteiger partial charge >= 0.3 is 21.6 Å². The summed E-state index contributed by atoms with van der Waals surface area (Å²) in [5, 5.41) is 10.2. The lowest BCUT2D eigenvalue weighted by Crippen LogP contribution is -2.49. The van der Waals surface area contributed by atoms with E-state index in [4.69, 9.17) is 16.3 Å². The van der Waals surface area contributed by atoms with Gasteiger partial charge in [0.2, 0.25) is 0 Å². The number of nitrogens with one attached hydrogen (secondary N) is 2. The highest BCUT2D eigenvalue weighted by molar-refractivity contribution is 7.90. The molecule has 46 heavy (non-hydrogen) atoms. The Morgan fingerprint density at radius 3 is 2.48 bits per heavy atom. The summed E-state index contributed by atoms with van der Waals surface area (Å²) in [6, 6.07) is 7.30. The number of carbonyl (C=O) groups excluding carboxylic acids is 1. The van der Waals surface area contributed by atoms with Crippen molar-refractivity contribution in [3.8, 4) is 5.69 Å². The molecule has 2 fully saturated rings. The molecule has 0 saturated carbocycles. The number of urea groups is 1. The summed E-state index contributed by atoms with van der Waals surface area (Å²) in [4.78, 5) is 15.4. The van der Waals surface area contributed by atoms with Crippen molar-refractivity contribution in [2.75, 3.05) is 51.8 Å². The number of alkyl halides is 4. The minimum absolute atomic E-state index is 0.0225. The standard InChI is InChI=1S/C29H34ClF5N6O4S/c1-45-16-15-39-17-22(28(32)11-7-20(31)8-12-28)23(18-39)36-27(42)37-26-24(30)25(38-41(26)21-5-3-2-4-6-21)19-9-13-40(14-10-19)46(43,44)29(33,34)35/h2-8,11,19,22-23H,9-10,12-18H2,1H3,(H2,36,37,42)/t22-,23-,28?/m1/s1. The first kappa shape index (κ1) is 34.3. The number of para-hydroxylation sites is 1. The fourth-order valence-electron chi connectivity index (χ4n) is 6.17. The molecule has 0 bridgehead atoms. The van der Waals surface area contributed by atoms with Crippen molar-refractivity contribution in [2.45, 2.75) is 42.4 Å². The number of hydrogen-bond donors (Lipinski definition) is 2. The first-order valence-corrected chi connectivity index (χ1v) is 16.5. The van der Waals surface area contributed by atoms with Crippen molar-refractivity contribution in [2.24, 2.45) is 5.92 Å². The van der Waals surface area contributed by atoms with Gasteiger partial charge in [-0.05, 0) is 43.2 Å². The second kappa shape index (κ2) is 13.6. The Hall–Kier alpha value is -3.05. The molecule has 2 N–H and O–H groups in total. The van der Waals surface area contributed by atoms with Crippen molar-refractivity contribution in [3.05, 3.63) is 65.1 Å². The summed E-state index contributed by atoms with van der Waals surface area (Å²) in [5.41, 5.74) is -6.49. The molecule has 252 valence electrons. The van der Waals surface area contributed by atoms with Gasteiger partial charge in [-0.1, -0.05) is 29.8 Å². The topological polar surface area (TPSA) is 109 Å². The third-order valence-corrected chi connectivity index (χ3v) is 10.6. The van der Waals surface area contributed by atoms with Gasteiger partial charge < -0.3 is 10.1 Å². The highest BCUT2D eigenvalue weighted by Gasteiger charge is 2.51. The van der Waals surface area contributed by atoms with Crippen molar-refractivity contribution < 1.29 is 39.9 Å². The van der Waals surface area contributed by atoms with Crippen LogP contribution in [0.3, 0.4) is 0 Å². The molecule has 3 atom stereocenters. The van der Waals surface area contributed by atoms with Gasteiger partial charge in [0.15, 0.2) is 5.82 Å². The van der Waals surface area contributed by atoms with Crippen molar-refractivity contribution >= 4 is 33.5 Å². The number of halogens is 6. The van der Waals surface area contributed by atoms with E-state index in [9.17, 15) is 30.8 Å². The van der Waals surface area contributed by atoms with E-state index in [1.807, 2.05) is 4.90 Å². The number of piperidine rings is 1. The smallest absolute Gasteiger partial charge is 0.383 e. The quantitative estimate of drug-likeness (QED) is 0.353. The molecule has 2 aromatic rings. The van der Waals surface area contributed by atoms with Crippen LogP contribution in [0.2, 0.25) is 5.02 Å². The van der Waals surface area contributed by atoms with Gasteiger partial charge in [0.05, 0.1) is 24.0 Å². The molecule has 5 rings (SSSR count). The van der Waals surface area contributed by atoms with Gasteiger partial charge in [-0.2, -0.15) is 22.6 Å². The number of sulfonamides is 1. The number of hydrogen-bond acceptors (Lipinski definition) is 6. The van der Waals surface area contributed by atoms with Crippen LogP contribution in [0.15, 0.2) is 54.4 Å². The predicted octanol–water partition coefficient (Wildman–Crippen LogP) is 5.14. The summed E-state index contributed by atoms with van der Waals surface area (Å²) >= 11 is 6.77.